The standard InChI is InChI=1S/C12H20O3/c1-3-4-5-9-6-10(13)7-11(9)8(2)12(14)15/h8-9,11H,3-7H2,1-2H3,(H,14,15)/t8?,9-,11+/m0/s1. The van der Waals surface area contributed by atoms with Gasteiger partial charge in [0.15, 0.2) is 0 Å². The molecule has 0 heterocycles. The van der Waals surface area contributed by atoms with E-state index in [1.54, 1.807) is 6.92 Å². The first kappa shape index (κ1) is 12.2. The Morgan fingerprint density at radius 1 is 1.53 bits per heavy atom. The molecule has 0 aromatic heterocycles. The van der Waals surface area contributed by atoms with Crippen molar-refractivity contribution in [2.75, 3.05) is 0 Å². The van der Waals surface area contributed by atoms with Gasteiger partial charge in [0.05, 0.1) is 5.92 Å². The quantitative estimate of drug-likeness (QED) is 0.761. The van der Waals surface area contributed by atoms with Gasteiger partial charge in [-0.3, -0.25) is 9.59 Å². The van der Waals surface area contributed by atoms with Gasteiger partial charge in [-0.2, -0.15) is 0 Å². The van der Waals surface area contributed by atoms with E-state index in [9.17, 15) is 9.59 Å². The third-order valence-electron chi connectivity index (χ3n) is 3.52. The Bertz CT molecular complexity index is 247. The normalized spacial score (nSPS) is 28.0. The maximum absolute atomic E-state index is 11.4. The number of rotatable bonds is 5. The molecule has 3 heteroatoms. The molecular weight excluding hydrogens is 192 g/mol. The van der Waals surface area contributed by atoms with Crippen LogP contribution < -0.4 is 0 Å². The van der Waals surface area contributed by atoms with Gasteiger partial charge in [-0.25, -0.2) is 0 Å². The van der Waals surface area contributed by atoms with Crippen LogP contribution >= 0.6 is 0 Å². The van der Waals surface area contributed by atoms with Crippen molar-refractivity contribution >= 4 is 11.8 Å². The van der Waals surface area contributed by atoms with Crippen LogP contribution in [0.5, 0.6) is 0 Å². The Morgan fingerprint density at radius 2 is 2.20 bits per heavy atom. The first-order valence-corrected chi connectivity index (χ1v) is 5.80. The molecule has 1 unspecified atom stereocenters. The fraction of sp³-hybridized carbons (Fsp3) is 0.833. The van der Waals surface area contributed by atoms with E-state index in [0.29, 0.717) is 18.8 Å². The summed E-state index contributed by atoms with van der Waals surface area (Å²) in [5, 5.41) is 8.96. The number of carboxylic acids is 1. The molecule has 0 saturated heterocycles. The molecule has 1 N–H and O–H groups in total. The van der Waals surface area contributed by atoms with Crippen LogP contribution in [-0.4, -0.2) is 16.9 Å². The molecule has 1 aliphatic carbocycles. The van der Waals surface area contributed by atoms with Gasteiger partial charge in [-0.15, -0.1) is 0 Å². The number of unbranched alkanes of at least 4 members (excludes halogenated alkanes) is 1. The van der Waals surface area contributed by atoms with Gasteiger partial charge in [0.25, 0.3) is 0 Å². The molecule has 1 aliphatic rings. The highest BCUT2D eigenvalue weighted by atomic mass is 16.4. The zero-order chi connectivity index (χ0) is 11.4. The van der Waals surface area contributed by atoms with Crippen LogP contribution in [0.15, 0.2) is 0 Å². The van der Waals surface area contributed by atoms with E-state index in [-0.39, 0.29) is 17.6 Å². The fourth-order valence-electron chi connectivity index (χ4n) is 2.51. The number of Topliss-reactive ketones (excluding diaryl/α,β-unsaturated/α-hetero) is 1. The first-order chi connectivity index (χ1) is 7.06. The number of carboxylic acid groups (broad SMARTS) is 1. The van der Waals surface area contributed by atoms with Crippen LogP contribution in [0.3, 0.4) is 0 Å². The summed E-state index contributed by atoms with van der Waals surface area (Å²) in [4.78, 5) is 22.3. The van der Waals surface area contributed by atoms with Gasteiger partial charge in [0.1, 0.15) is 5.78 Å². The van der Waals surface area contributed by atoms with Crippen molar-refractivity contribution in [1.82, 2.24) is 0 Å². The summed E-state index contributed by atoms with van der Waals surface area (Å²) < 4.78 is 0. The lowest BCUT2D eigenvalue weighted by Gasteiger charge is -2.21. The Labute approximate surface area is 90.9 Å². The second-order valence-electron chi connectivity index (χ2n) is 4.64. The van der Waals surface area contributed by atoms with Crippen LogP contribution in [0, 0.1) is 17.8 Å². The highest BCUT2D eigenvalue weighted by Gasteiger charge is 2.38. The predicted molar refractivity (Wildman–Crippen MR) is 57.5 cm³/mol. The number of aliphatic carboxylic acids is 1. The smallest absolute Gasteiger partial charge is 0.306 e. The number of hydrogen-bond acceptors (Lipinski definition) is 2. The molecule has 1 fully saturated rings. The van der Waals surface area contributed by atoms with Gasteiger partial charge >= 0.3 is 5.97 Å². The molecule has 0 amide bonds. The molecule has 1 saturated carbocycles. The Hall–Kier alpha value is -0.860. The van der Waals surface area contributed by atoms with E-state index in [2.05, 4.69) is 6.92 Å². The first-order valence-electron chi connectivity index (χ1n) is 5.80. The summed E-state index contributed by atoms with van der Waals surface area (Å²) in [6.45, 7) is 3.84. The van der Waals surface area contributed by atoms with E-state index in [1.165, 1.54) is 0 Å². The largest absolute Gasteiger partial charge is 0.481 e. The molecule has 3 nitrogen and oxygen atoms in total. The van der Waals surface area contributed by atoms with Gasteiger partial charge in [0.2, 0.25) is 0 Å². The topological polar surface area (TPSA) is 54.4 Å². The molecule has 3 atom stereocenters. The number of ketones is 1. The molecule has 0 aliphatic heterocycles. The van der Waals surface area contributed by atoms with E-state index in [1.807, 2.05) is 0 Å². The Morgan fingerprint density at radius 3 is 2.73 bits per heavy atom. The van der Waals surface area contributed by atoms with E-state index in [0.717, 1.165) is 19.3 Å². The van der Waals surface area contributed by atoms with Crippen molar-refractivity contribution in [1.29, 1.82) is 0 Å². The van der Waals surface area contributed by atoms with Crippen molar-refractivity contribution < 1.29 is 14.7 Å². The van der Waals surface area contributed by atoms with Crippen LogP contribution in [0.25, 0.3) is 0 Å². The average molecular weight is 212 g/mol. The second-order valence-corrected chi connectivity index (χ2v) is 4.64. The van der Waals surface area contributed by atoms with Crippen LogP contribution in [0.2, 0.25) is 0 Å². The maximum atomic E-state index is 11.4. The summed E-state index contributed by atoms with van der Waals surface area (Å²) in [7, 11) is 0. The molecule has 15 heavy (non-hydrogen) atoms. The zero-order valence-electron chi connectivity index (χ0n) is 9.53. The van der Waals surface area contributed by atoms with Gasteiger partial charge in [0, 0.05) is 12.8 Å². The van der Waals surface area contributed by atoms with Crippen LogP contribution in [-0.2, 0) is 9.59 Å². The van der Waals surface area contributed by atoms with Crippen molar-refractivity contribution in [2.24, 2.45) is 17.8 Å². The highest BCUT2D eigenvalue weighted by molar-refractivity contribution is 5.82. The molecule has 0 aromatic carbocycles. The summed E-state index contributed by atoms with van der Waals surface area (Å²) in [5.41, 5.74) is 0. The fourth-order valence-corrected chi connectivity index (χ4v) is 2.51. The van der Waals surface area contributed by atoms with Gasteiger partial charge < -0.3 is 5.11 Å². The molecule has 1 rings (SSSR count). The minimum absolute atomic E-state index is 0.0709. The predicted octanol–water partition coefficient (Wildman–Crippen LogP) is 2.49. The van der Waals surface area contributed by atoms with Crippen molar-refractivity contribution in [3.05, 3.63) is 0 Å². The summed E-state index contributed by atoms with van der Waals surface area (Å²) in [5.74, 6) is -0.520. The Kier molecular flexibility index (Phi) is 4.30. The Balaban J connectivity index is 2.59. The summed E-state index contributed by atoms with van der Waals surface area (Å²) in [6, 6.07) is 0. The molecule has 0 aromatic rings. The maximum Gasteiger partial charge on any atom is 0.306 e. The molecular formula is C12H20O3. The van der Waals surface area contributed by atoms with E-state index >= 15 is 0 Å². The van der Waals surface area contributed by atoms with Crippen LogP contribution in [0.4, 0.5) is 0 Å². The van der Waals surface area contributed by atoms with Crippen molar-refractivity contribution in [3.63, 3.8) is 0 Å². The lowest BCUT2D eigenvalue weighted by Crippen LogP contribution is -2.23. The molecule has 86 valence electrons. The molecule has 0 spiro atoms. The third kappa shape index (κ3) is 3.05. The molecule has 0 bridgehead atoms. The summed E-state index contributed by atoms with van der Waals surface area (Å²) >= 11 is 0. The van der Waals surface area contributed by atoms with Gasteiger partial charge in [-0.1, -0.05) is 26.7 Å². The number of carbonyl (C=O) groups excluding carboxylic acids is 1. The SMILES string of the molecule is CCCC[C@H]1CC(=O)C[C@@H]1C(C)C(=O)O. The zero-order valence-corrected chi connectivity index (χ0v) is 9.53. The number of hydrogen-bond donors (Lipinski definition) is 1. The second kappa shape index (κ2) is 5.29. The van der Waals surface area contributed by atoms with Gasteiger partial charge in [-0.05, 0) is 18.3 Å². The lowest BCUT2D eigenvalue weighted by molar-refractivity contribution is -0.143. The van der Waals surface area contributed by atoms with Crippen molar-refractivity contribution in [2.45, 2.75) is 46.0 Å². The van der Waals surface area contributed by atoms with Crippen molar-refractivity contribution in [3.8, 4) is 0 Å². The minimum atomic E-state index is -0.767. The average Bonchev–Trinajstić information content (AvgIpc) is 2.55. The minimum Gasteiger partial charge on any atom is -0.481 e. The van der Waals surface area contributed by atoms with Crippen LogP contribution in [0.1, 0.15) is 46.0 Å². The third-order valence-corrected chi connectivity index (χ3v) is 3.52. The summed E-state index contributed by atoms with van der Waals surface area (Å²) in [6.07, 6.45) is 4.29. The number of carbonyl (C=O) groups is 2. The monoisotopic (exact) mass is 212 g/mol. The van der Waals surface area contributed by atoms with E-state index in [4.69, 9.17) is 5.11 Å². The lowest BCUT2D eigenvalue weighted by atomic mass is 9.82. The highest BCUT2D eigenvalue weighted by Crippen LogP contribution is 2.38. The van der Waals surface area contributed by atoms with E-state index < -0.39 is 5.97 Å². The molecule has 0 radical (unpaired) electrons.